The highest BCUT2D eigenvalue weighted by atomic mass is 79.9. The van der Waals surface area contributed by atoms with Crippen molar-refractivity contribution >= 4 is 39.0 Å². The van der Waals surface area contributed by atoms with Crippen molar-refractivity contribution < 1.29 is 14.3 Å². The summed E-state index contributed by atoms with van der Waals surface area (Å²) in [6.45, 7) is 4.55. The van der Waals surface area contributed by atoms with Crippen molar-refractivity contribution in [2.75, 3.05) is 20.7 Å². The van der Waals surface area contributed by atoms with Crippen LogP contribution >= 0.6 is 15.9 Å². The van der Waals surface area contributed by atoms with Crippen molar-refractivity contribution in [3.05, 3.63) is 27.9 Å². The van der Waals surface area contributed by atoms with Crippen LogP contribution in [-0.4, -0.2) is 47.6 Å². The zero-order valence-electron chi connectivity index (χ0n) is 16.3. The van der Waals surface area contributed by atoms with E-state index in [-0.39, 0.29) is 12.1 Å². The second kappa shape index (κ2) is 7.72. The van der Waals surface area contributed by atoms with Crippen LogP contribution in [0.15, 0.2) is 16.7 Å². The number of rotatable bonds is 5. The molecule has 0 radical (unpaired) electrons. The van der Waals surface area contributed by atoms with E-state index in [1.165, 1.54) is 4.90 Å². The summed E-state index contributed by atoms with van der Waals surface area (Å²) in [5, 5.41) is 5.44. The lowest BCUT2D eigenvalue weighted by atomic mass is 9.75. The topological polar surface area (TPSA) is 64.4 Å². The van der Waals surface area contributed by atoms with Gasteiger partial charge in [-0.25, -0.2) is 4.68 Å². The lowest BCUT2D eigenvalue weighted by Crippen LogP contribution is -2.45. The number of carbonyl (C=O) groups is 2. The largest absolute Gasteiger partial charge is 0.356 e. The van der Waals surface area contributed by atoms with E-state index in [0.717, 1.165) is 58.7 Å². The van der Waals surface area contributed by atoms with E-state index >= 15 is 0 Å². The standard InChI is InChI=1S/C20H26BrN3O3/c1-5-20(12-25,19(26)23(3)4)17-13(2)10-15-14(18(17)21)11-22-24(15)16-8-6-7-9-27-16/h10-12,16H,5-9H2,1-4H3. The molecule has 0 N–H and O–H groups in total. The molecule has 2 aromatic rings. The summed E-state index contributed by atoms with van der Waals surface area (Å²) in [5.74, 6) is -0.217. The van der Waals surface area contributed by atoms with Crippen LogP contribution in [-0.2, 0) is 19.7 Å². The van der Waals surface area contributed by atoms with E-state index in [9.17, 15) is 9.59 Å². The van der Waals surface area contributed by atoms with Crippen LogP contribution in [0.3, 0.4) is 0 Å². The Morgan fingerprint density at radius 2 is 2.22 bits per heavy atom. The first-order valence-corrected chi connectivity index (χ1v) is 10.1. The summed E-state index contributed by atoms with van der Waals surface area (Å²) in [6, 6.07) is 2.01. The number of amides is 1. The monoisotopic (exact) mass is 435 g/mol. The van der Waals surface area contributed by atoms with Gasteiger partial charge in [0.1, 0.15) is 11.7 Å². The van der Waals surface area contributed by atoms with Gasteiger partial charge in [0.15, 0.2) is 6.23 Å². The third-order valence-corrected chi connectivity index (χ3v) is 6.28. The van der Waals surface area contributed by atoms with E-state index in [0.29, 0.717) is 6.42 Å². The number of nitrogens with zero attached hydrogens (tertiary/aromatic N) is 3. The molecule has 6 nitrogen and oxygen atoms in total. The van der Waals surface area contributed by atoms with Crippen molar-refractivity contribution in [3.8, 4) is 0 Å². The number of aromatic nitrogens is 2. The number of carbonyl (C=O) groups excluding carboxylic acids is 2. The second-order valence-corrected chi connectivity index (χ2v) is 8.16. The highest BCUT2D eigenvalue weighted by Crippen LogP contribution is 2.41. The van der Waals surface area contributed by atoms with E-state index in [1.807, 2.05) is 24.6 Å². The van der Waals surface area contributed by atoms with Gasteiger partial charge in [0, 0.05) is 30.6 Å². The number of ether oxygens (including phenoxy) is 1. The first-order valence-electron chi connectivity index (χ1n) is 9.33. The van der Waals surface area contributed by atoms with E-state index in [1.54, 1.807) is 20.3 Å². The number of hydrogen-bond acceptors (Lipinski definition) is 4. The molecule has 0 bridgehead atoms. The van der Waals surface area contributed by atoms with Crippen LogP contribution in [0.5, 0.6) is 0 Å². The van der Waals surface area contributed by atoms with Gasteiger partial charge in [-0.3, -0.25) is 4.79 Å². The lowest BCUT2D eigenvalue weighted by Gasteiger charge is -2.31. The van der Waals surface area contributed by atoms with Crippen LogP contribution < -0.4 is 0 Å². The van der Waals surface area contributed by atoms with Crippen LogP contribution in [0.25, 0.3) is 10.9 Å². The quantitative estimate of drug-likeness (QED) is 0.529. The maximum atomic E-state index is 13.0. The van der Waals surface area contributed by atoms with Gasteiger partial charge in [-0.2, -0.15) is 5.10 Å². The average molecular weight is 436 g/mol. The Bertz CT molecular complexity index is 871. The van der Waals surface area contributed by atoms with Crippen LogP contribution in [0.4, 0.5) is 0 Å². The number of aryl methyl sites for hydroxylation is 1. The average Bonchev–Trinajstić information content (AvgIpc) is 3.09. The Morgan fingerprint density at radius 1 is 1.48 bits per heavy atom. The molecule has 1 aliphatic heterocycles. The molecule has 1 aromatic carbocycles. The molecule has 1 amide bonds. The van der Waals surface area contributed by atoms with E-state index < -0.39 is 5.41 Å². The molecular weight excluding hydrogens is 410 g/mol. The van der Waals surface area contributed by atoms with Crippen LogP contribution in [0.1, 0.15) is 50.0 Å². The molecule has 27 heavy (non-hydrogen) atoms. The molecule has 0 spiro atoms. The molecule has 1 fully saturated rings. The fourth-order valence-corrected chi connectivity index (χ4v) is 4.96. The van der Waals surface area contributed by atoms with Gasteiger partial charge in [-0.15, -0.1) is 0 Å². The second-order valence-electron chi connectivity index (χ2n) is 7.37. The number of benzene rings is 1. The summed E-state index contributed by atoms with van der Waals surface area (Å²) < 4.78 is 8.56. The van der Waals surface area contributed by atoms with Gasteiger partial charge in [0.05, 0.1) is 11.7 Å². The van der Waals surface area contributed by atoms with Gasteiger partial charge in [-0.05, 0) is 65.7 Å². The third-order valence-electron chi connectivity index (χ3n) is 5.46. The minimum atomic E-state index is -1.22. The molecular formula is C20H26BrN3O3. The predicted molar refractivity (Wildman–Crippen MR) is 108 cm³/mol. The van der Waals surface area contributed by atoms with Crippen LogP contribution in [0.2, 0.25) is 0 Å². The molecule has 2 heterocycles. The van der Waals surface area contributed by atoms with Gasteiger partial charge in [0.2, 0.25) is 5.91 Å². The zero-order chi connectivity index (χ0) is 19.8. The molecule has 2 unspecified atom stereocenters. The number of fused-ring (bicyclic) bond motifs is 1. The molecule has 3 rings (SSSR count). The fraction of sp³-hybridized carbons (Fsp3) is 0.550. The molecule has 146 valence electrons. The summed E-state index contributed by atoms with van der Waals surface area (Å²) in [4.78, 5) is 26.6. The summed E-state index contributed by atoms with van der Waals surface area (Å²) in [7, 11) is 3.35. The lowest BCUT2D eigenvalue weighted by molar-refractivity contribution is -0.138. The van der Waals surface area contributed by atoms with Crippen molar-refractivity contribution in [2.24, 2.45) is 0 Å². The van der Waals surface area contributed by atoms with Gasteiger partial charge in [-0.1, -0.05) is 6.92 Å². The number of hydrogen-bond donors (Lipinski definition) is 0. The van der Waals surface area contributed by atoms with Crippen molar-refractivity contribution in [1.82, 2.24) is 14.7 Å². The minimum Gasteiger partial charge on any atom is -0.356 e. The molecule has 0 aliphatic carbocycles. The normalized spacial score (nSPS) is 19.7. The Kier molecular flexibility index (Phi) is 5.72. The van der Waals surface area contributed by atoms with E-state index in [4.69, 9.17) is 4.74 Å². The first kappa shape index (κ1) is 20.0. The maximum Gasteiger partial charge on any atom is 0.239 e. The Morgan fingerprint density at radius 3 is 2.78 bits per heavy atom. The van der Waals surface area contributed by atoms with Crippen LogP contribution in [0, 0.1) is 6.92 Å². The molecule has 1 aliphatic rings. The predicted octanol–water partition coefficient (Wildman–Crippen LogP) is 3.74. The minimum absolute atomic E-state index is 0.0705. The smallest absolute Gasteiger partial charge is 0.239 e. The van der Waals surface area contributed by atoms with Gasteiger partial charge in [0.25, 0.3) is 0 Å². The molecule has 0 saturated carbocycles. The Labute approximate surface area is 168 Å². The maximum absolute atomic E-state index is 13.0. The number of halogens is 1. The molecule has 1 saturated heterocycles. The molecule has 7 heteroatoms. The third kappa shape index (κ3) is 3.21. The van der Waals surface area contributed by atoms with Gasteiger partial charge >= 0.3 is 0 Å². The highest BCUT2D eigenvalue weighted by molar-refractivity contribution is 9.10. The summed E-state index contributed by atoms with van der Waals surface area (Å²) >= 11 is 3.68. The van der Waals surface area contributed by atoms with E-state index in [2.05, 4.69) is 21.0 Å². The Hall–Kier alpha value is -1.73. The zero-order valence-corrected chi connectivity index (χ0v) is 17.9. The molecule has 2 atom stereocenters. The van der Waals surface area contributed by atoms with Gasteiger partial charge < -0.3 is 14.4 Å². The number of likely N-dealkylation sites (N-methyl/N-ethyl adjacent to an activating group) is 1. The summed E-state index contributed by atoms with van der Waals surface area (Å²) in [6.07, 6.45) is 6.01. The highest BCUT2D eigenvalue weighted by Gasteiger charge is 2.43. The molecule has 1 aromatic heterocycles. The van der Waals surface area contributed by atoms with Crippen molar-refractivity contribution in [2.45, 2.75) is 51.2 Å². The number of aldehydes is 1. The van der Waals surface area contributed by atoms with Crippen molar-refractivity contribution in [3.63, 3.8) is 0 Å². The SMILES string of the molecule is CCC(C=O)(C(=O)N(C)C)c1c(C)cc2c(cnn2C2CCCCO2)c1Br. The Balaban J connectivity index is 2.20. The fourth-order valence-electron chi connectivity index (χ4n) is 3.99. The first-order chi connectivity index (χ1) is 12.9. The van der Waals surface area contributed by atoms with Crippen molar-refractivity contribution in [1.29, 1.82) is 0 Å². The summed E-state index contributed by atoms with van der Waals surface area (Å²) in [5.41, 5.74) is 1.33.